The van der Waals surface area contributed by atoms with Gasteiger partial charge in [0.15, 0.2) is 0 Å². The van der Waals surface area contributed by atoms with Crippen molar-refractivity contribution in [2.75, 3.05) is 30.0 Å². The molecule has 0 radical (unpaired) electrons. The fourth-order valence-corrected chi connectivity index (χ4v) is 4.00. The van der Waals surface area contributed by atoms with Crippen molar-refractivity contribution in [1.29, 1.82) is 0 Å². The number of nitrogens with one attached hydrogen (secondary N) is 2. The third-order valence-corrected chi connectivity index (χ3v) is 5.68. The minimum Gasteiger partial charge on any atom is -0.377 e. The molecule has 4 rings (SSSR count). The predicted molar refractivity (Wildman–Crippen MR) is 119 cm³/mol. The summed E-state index contributed by atoms with van der Waals surface area (Å²) < 4.78 is 46.5. The molecule has 1 aromatic carbocycles. The van der Waals surface area contributed by atoms with Crippen molar-refractivity contribution in [3.05, 3.63) is 65.6 Å². The first-order valence-corrected chi connectivity index (χ1v) is 10.5. The van der Waals surface area contributed by atoms with Crippen LogP contribution in [0.2, 0.25) is 0 Å². The van der Waals surface area contributed by atoms with Gasteiger partial charge >= 0.3 is 0 Å². The van der Waals surface area contributed by atoms with Gasteiger partial charge < -0.3 is 20.3 Å². The second kappa shape index (κ2) is 9.20. The average Bonchev–Trinajstić information content (AvgIpc) is 2.78. The van der Waals surface area contributed by atoms with Crippen LogP contribution in [0.15, 0.2) is 48.1 Å². The molecule has 6 nitrogen and oxygen atoms in total. The molecule has 3 heterocycles. The molecule has 170 valence electrons. The van der Waals surface area contributed by atoms with Crippen LogP contribution in [0.25, 0.3) is 0 Å². The van der Waals surface area contributed by atoms with E-state index in [1.807, 2.05) is 19.1 Å². The van der Waals surface area contributed by atoms with Gasteiger partial charge in [-0.25, -0.2) is 23.1 Å². The van der Waals surface area contributed by atoms with Crippen molar-refractivity contribution >= 4 is 17.3 Å². The van der Waals surface area contributed by atoms with Gasteiger partial charge in [0.2, 0.25) is 0 Å². The summed E-state index contributed by atoms with van der Waals surface area (Å²) in [5.74, 6) is 0.400. The molecule has 0 amide bonds. The van der Waals surface area contributed by atoms with Crippen LogP contribution in [0.3, 0.4) is 0 Å². The first kappa shape index (κ1) is 22.1. The van der Waals surface area contributed by atoms with E-state index in [4.69, 9.17) is 4.74 Å². The van der Waals surface area contributed by atoms with Crippen LogP contribution in [-0.4, -0.2) is 42.8 Å². The van der Waals surface area contributed by atoms with Gasteiger partial charge in [0.25, 0.3) is 6.43 Å². The molecule has 32 heavy (non-hydrogen) atoms. The summed E-state index contributed by atoms with van der Waals surface area (Å²) in [4.78, 5) is 11.3. The molecule has 3 atom stereocenters. The van der Waals surface area contributed by atoms with Crippen LogP contribution in [0.1, 0.15) is 43.0 Å². The first-order valence-electron chi connectivity index (χ1n) is 10.5. The lowest BCUT2D eigenvalue weighted by molar-refractivity contribution is 0.105. The van der Waals surface area contributed by atoms with Crippen molar-refractivity contribution < 1.29 is 17.9 Å². The number of halogens is 3. The van der Waals surface area contributed by atoms with E-state index >= 15 is 0 Å². The molecule has 1 unspecified atom stereocenters. The number of aliphatic imine (C=N–C) groups is 1. The highest BCUT2D eigenvalue weighted by Gasteiger charge is 2.27. The Morgan fingerprint density at radius 1 is 1.34 bits per heavy atom. The largest absolute Gasteiger partial charge is 0.377 e. The summed E-state index contributed by atoms with van der Waals surface area (Å²) in [5, 5.41) is 6.48. The van der Waals surface area contributed by atoms with E-state index in [9.17, 15) is 13.2 Å². The van der Waals surface area contributed by atoms with Crippen molar-refractivity contribution in [2.45, 2.75) is 38.5 Å². The van der Waals surface area contributed by atoms with Gasteiger partial charge in [-0.2, -0.15) is 0 Å². The molecule has 2 aliphatic rings. The molecule has 1 fully saturated rings. The van der Waals surface area contributed by atoms with E-state index in [1.165, 1.54) is 12.1 Å². The Labute approximate surface area is 185 Å². The fraction of sp³-hybridized carbons (Fsp3) is 0.391. The number of rotatable bonds is 5. The van der Waals surface area contributed by atoms with Gasteiger partial charge in [-0.05, 0) is 19.9 Å². The molecule has 1 saturated heterocycles. The molecule has 0 aliphatic carbocycles. The highest BCUT2D eigenvalue weighted by molar-refractivity contribution is 6.05. The van der Waals surface area contributed by atoms with Gasteiger partial charge in [0, 0.05) is 17.7 Å². The number of hydrogen-bond acceptors (Lipinski definition) is 6. The van der Waals surface area contributed by atoms with Crippen LogP contribution in [0.4, 0.5) is 24.7 Å². The molecule has 1 aromatic heterocycles. The Bertz CT molecular complexity index is 1030. The van der Waals surface area contributed by atoms with Crippen molar-refractivity contribution in [1.82, 2.24) is 10.3 Å². The Morgan fingerprint density at radius 2 is 2.12 bits per heavy atom. The van der Waals surface area contributed by atoms with Crippen LogP contribution >= 0.6 is 0 Å². The second-order valence-corrected chi connectivity index (χ2v) is 7.87. The normalized spacial score (nSPS) is 21.4. The lowest BCUT2D eigenvalue weighted by Gasteiger charge is -2.35. The Hall–Kier alpha value is -3.07. The summed E-state index contributed by atoms with van der Waals surface area (Å²) in [6.07, 6.45) is 0.468. The zero-order valence-electron chi connectivity index (χ0n) is 18.0. The number of anilines is 2. The number of benzene rings is 1. The molecule has 0 spiro atoms. The van der Waals surface area contributed by atoms with E-state index in [0.717, 1.165) is 23.1 Å². The quantitative estimate of drug-likeness (QED) is 0.668. The van der Waals surface area contributed by atoms with Gasteiger partial charge in [-0.1, -0.05) is 24.3 Å². The highest BCUT2D eigenvalue weighted by Crippen LogP contribution is 2.30. The first-order chi connectivity index (χ1) is 15.4. The Kier molecular flexibility index (Phi) is 6.36. The number of fused-ring (bicyclic) bond motifs is 1. The number of pyridine rings is 1. The van der Waals surface area contributed by atoms with Gasteiger partial charge in [-0.15, -0.1) is 6.58 Å². The fourth-order valence-electron chi connectivity index (χ4n) is 4.00. The van der Waals surface area contributed by atoms with Gasteiger partial charge in [0.05, 0.1) is 42.7 Å². The number of nitrogens with zero attached hydrogens (tertiary/aromatic N) is 3. The van der Waals surface area contributed by atoms with Crippen LogP contribution in [0.5, 0.6) is 0 Å². The van der Waals surface area contributed by atoms with E-state index in [1.54, 1.807) is 13.1 Å². The summed E-state index contributed by atoms with van der Waals surface area (Å²) in [5.41, 5.74) is 1.12. The molecule has 2 aliphatic heterocycles. The average molecular weight is 445 g/mol. The van der Waals surface area contributed by atoms with Crippen LogP contribution < -0.4 is 15.5 Å². The van der Waals surface area contributed by atoms with Gasteiger partial charge in [0.1, 0.15) is 23.6 Å². The lowest BCUT2D eigenvalue weighted by Crippen LogP contribution is -2.45. The lowest BCUT2D eigenvalue weighted by atomic mass is 10.0. The summed E-state index contributed by atoms with van der Waals surface area (Å²) in [7, 11) is 0. The number of alkyl halides is 2. The molecule has 0 bridgehead atoms. The van der Waals surface area contributed by atoms with E-state index in [2.05, 4.69) is 32.1 Å². The van der Waals surface area contributed by atoms with Crippen molar-refractivity contribution in [3.63, 3.8) is 0 Å². The molecule has 2 aromatic rings. The van der Waals surface area contributed by atoms with Crippen molar-refractivity contribution in [2.24, 2.45) is 4.99 Å². The number of aromatic nitrogens is 1. The number of hydrogen-bond donors (Lipinski definition) is 2. The Balaban J connectivity index is 1.65. The van der Waals surface area contributed by atoms with Crippen LogP contribution in [-0.2, 0) is 4.74 Å². The third kappa shape index (κ3) is 4.29. The minimum atomic E-state index is -2.88. The smallest absolute Gasteiger partial charge is 0.266 e. The van der Waals surface area contributed by atoms with E-state index in [0.29, 0.717) is 25.6 Å². The van der Waals surface area contributed by atoms with E-state index < -0.39 is 23.8 Å². The maximum absolute atomic E-state index is 14.7. The van der Waals surface area contributed by atoms with Gasteiger partial charge in [-0.3, -0.25) is 0 Å². The Morgan fingerprint density at radius 3 is 2.88 bits per heavy atom. The SMILES string of the molecule is C=C[C@H]1COCCN1c1cc2c(cn1)NC(C)N=C2N[C@H](C)c1cccc(C(F)F)c1F. The molecular formula is C23H26F3N5O. The predicted octanol–water partition coefficient (Wildman–Crippen LogP) is 4.42. The summed E-state index contributed by atoms with van der Waals surface area (Å²) >= 11 is 0. The molecular weight excluding hydrogens is 419 g/mol. The third-order valence-electron chi connectivity index (χ3n) is 5.68. The van der Waals surface area contributed by atoms with E-state index in [-0.39, 0.29) is 17.8 Å². The second-order valence-electron chi connectivity index (χ2n) is 7.87. The topological polar surface area (TPSA) is 61.8 Å². The zero-order valence-corrected chi connectivity index (χ0v) is 18.0. The maximum Gasteiger partial charge on any atom is 0.266 e. The monoisotopic (exact) mass is 445 g/mol. The number of morpholine rings is 1. The zero-order chi connectivity index (χ0) is 22.8. The summed E-state index contributed by atoms with van der Waals surface area (Å²) in [6, 6.07) is 5.39. The standard InChI is InChI=1S/C23H26F3N5O/c1-4-15-12-32-9-8-31(15)20-10-18-19(11-27-20)29-14(3)30-23(18)28-13(2)16-6-5-7-17(21(16)24)22(25)26/h4-7,10-11,13-15,22,29H,1,8-9,12H2,2-3H3,(H,28,30)/t13-,14?,15+/m1/s1. The maximum atomic E-state index is 14.7. The number of amidine groups is 1. The summed E-state index contributed by atoms with van der Waals surface area (Å²) in [6.45, 7) is 9.30. The molecule has 0 saturated carbocycles. The highest BCUT2D eigenvalue weighted by atomic mass is 19.3. The van der Waals surface area contributed by atoms with Crippen LogP contribution in [0, 0.1) is 5.82 Å². The minimum absolute atomic E-state index is 0.00299. The van der Waals surface area contributed by atoms with Crippen molar-refractivity contribution in [3.8, 4) is 0 Å². The number of ether oxygens (including phenoxy) is 1. The molecule has 2 N–H and O–H groups in total. The molecule has 9 heteroatoms.